The normalized spacial score (nSPS) is 10.9. The van der Waals surface area contributed by atoms with Crippen LogP contribution in [0.3, 0.4) is 0 Å². The van der Waals surface area contributed by atoms with E-state index in [-0.39, 0.29) is 16.5 Å². The standard InChI is InChI=1S/C13H11F4N/c1-2-6-18-8-5-3-4-7-9(8)11(15)13(17)12(16)10(7)14/h3-5,18H,2,6H2,1H3. The highest BCUT2D eigenvalue weighted by atomic mass is 19.2. The van der Waals surface area contributed by atoms with Gasteiger partial charge in [-0.1, -0.05) is 19.1 Å². The van der Waals surface area contributed by atoms with Crippen LogP contribution in [0.2, 0.25) is 0 Å². The lowest BCUT2D eigenvalue weighted by molar-refractivity contribution is 0.418. The van der Waals surface area contributed by atoms with Gasteiger partial charge in [0.15, 0.2) is 23.3 Å². The molecule has 1 nitrogen and oxygen atoms in total. The lowest BCUT2D eigenvalue weighted by Crippen LogP contribution is -2.04. The first-order chi connectivity index (χ1) is 8.57. The molecule has 0 unspecified atom stereocenters. The summed E-state index contributed by atoms with van der Waals surface area (Å²) in [4.78, 5) is 0. The number of nitrogens with one attached hydrogen (secondary N) is 1. The third kappa shape index (κ3) is 1.89. The summed E-state index contributed by atoms with van der Waals surface area (Å²) in [5.41, 5.74) is 0.254. The van der Waals surface area contributed by atoms with Crippen molar-refractivity contribution in [2.75, 3.05) is 11.9 Å². The summed E-state index contributed by atoms with van der Waals surface area (Å²) in [5, 5.41) is 2.32. The molecule has 0 spiro atoms. The number of halogens is 4. The van der Waals surface area contributed by atoms with Gasteiger partial charge in [-0.2, -0.15) is 0 Å². The fourth-order valence-electron chi connectivity index (χ4n) is 1.80. The third-order valence-electron chi connectivity index (χ3n) is 2.66. The second-order valence-corrected chi connectivity index (χ2v) is 3.91. The molecule has 18 heavy (non-hydrogen) atoms. The average molecular weight is 257 g/mol. The van der Waals surface area contributed by atoms with Crippen LogP contribution in [-0.4, -0.2) is 6.54 Å². The van der Waals surface area contributed by atoms with Crippen molar-refractivity contribution in [2.24, 2.45) is 0 Å². The van der Waals surface area contributed by atoms with Gasteiger partial charge in [0.25, 0.3) is 0 Å². The summed E-state index contributed by atoms with van der Waals surface area (Å²) in [6, 6.07) is 4.17. The molecule has 0 saturated heterocycles. The Morgan fingerprint density at radius 2 is 1.61 bits per heavy atom. The molecule has 0 saturated carbocycles. The van der Waals surface area contributed by atoms with Gasteiger partial charge >= 0.3 is 0 Å². The first-order valence-corrected chi connectivity index (χ1v) is 5.56. The minimum atomic E-state index is -1.79. The summed E-state index contributed by atoms with van der Waals surface area (Å²) >= 11 is 0. The number of hydrogen-bond donors (Lipinski definition) is 1. The Kier molecular flexibility index (Phi) is 3.41. The molecule has 2 rings (SSSR count). The van der Waals surface area contributed by atoms with E-state index < -0.39 is 23.3 Å². The molecule has 0 amide bonds. The average Bonchev–Trinajstić information content (AvgIpc) is 2.40. The van der Waals surface area contributed by atoms with Gasteiger partial charge in [-0.15, -0.1) is 0 Å². The van der Waals surface area contributed by atoms with E-state index in [0.717, 1.165) is 6.42 Å². The van der Waals surface area contributed by atoms with E-state index in [9.17, 15) is 17.6 Å². The summed E-state index contributed by atoms with van der Waals surface area (Å²) in [7, 11) is 0. The number of benzene rings is 2. The SMILES string of the molecule is CCCNc1cccc2c(F)c(F)c(F)c(F)c12. The van der Waals surface area contributed by atoms with Gasteiger partial charge in [0.05, 0.1) is 0 Å². The molecular weight excluding hydrogens is 246 g/mol. The largest absolute Gasteiger partial charge is 0.384 e. The van der Waals surface area contributed by atoms with Crippen LogP contribution in [0.1, 0.15) is 13.3 Å². The second-order valence-electron chi connectivity index (χ2n) is 3.91. The Morgan fingerprint density at radius 1 is 0.944 bits per heavy atom. The Labute approximate surface area is 101 Å². The van der Waals surface area contributed by atoms with Gasteiger partial charge in [0.2, 0.25) is 0 Å². The summed E-state index contributed by atoms with van der Waals surface area (Å²) < 4.78 is 53.5. The predicted octanol–water partition coefficient (Wildman–Crippen LogP) is 4.22. The summed E-state index contributed by atoms with van der Waals surface area (Å²) in [6.07, 6.45) is 0.768. The van der Waals surface area contributed by atoms with Gasteiger partial charge < -0.3 is 5.32 Å². The molecule has 0 aliphatic carbocycles. The van der Waals surface area contributed by atoms with Crippen molar-refractivity contribution in [3.8, 4) is 0 Å². The van der Waals surface area contributed by atoms with Gasteiger partial charge in [-0.3, -0.25) is 0 Å². The van der Waals surface area contributed by atoms with Gasteiger partial charge in [0.1, 0.15) is 0 Å². The number of hydrogen-bond acceptors (Lipinski definition) is 1. The predicted molar refractivity (Wildman–Crippen MR) is 62.6 cm³/mol. The molecule has 2 aromatic carbocycles. The van der Waals surface area contributed by atoms with Crippen molar-refractivity contribution >= 4 is 16.5 Å². The smallest absolute Gasteiger partial charge is 0.198 e. The minimum absolute atomic E-state index is 0.254. The van der Waals surface area contributed by atoms with Crippen LogP contribution in [0, 0.1) is 23.3 Å². The Bertz CT molecular complexity index is 595. The van der Waals surface area contributed by atoms with Crippen LogP contribution in [-0.2, 0) is 0 Å². The molecule has 0 bridgehead atoms. The maximum absolute atomic E-state index is 13.7. The van der Waals surface area contributed by atoms with Crippen LogP contribution in [0.25, 0.3) is 10.8 Å². The molecule has 0 aromatic heterocycles. The zero-order chi connectivity index (χ0) is 13.3. The molecule has 96 valence electrons. The Morgan fingerprint density at radius 3 is 2.28 bits per heavy atom. The van der Waals surface area contributed by atoms with Crippen LogP contribution in [0.5, 0.6) is 0 Å². The topological polar surface area (TPSA) is 12.0 Å². The second kappa shape index (κ2) is 4.84. The lowest BCUT2D eigenvalue weighted by Gasteiger charge is -2.11. The summed E-state index contributed by atoms with van der Waals surface area (Å²) in [5.74, 6) is -6.31. The first kappa shape index (κ1) is 12.7. The van der Waals surface area contributed by atoms with Crippen molar-refractivity contribution in [3.63, 3.8) is 0 Å². The van der Waals surface area contributed by atoms with Crippen LogP contribution in [0.15, 0.2) is 18.2 Å². The van der Waals surface area contributed by atoms with E-state index in [2.05, 4.69) is 5.32 Å². The highest BCUT2D eigenvalue weighted by Gasteiger charge is 2.21. The van der Waals surface area contributed by atoms with Crippen molar-refractivity contribution in [3.05, 3.63) is 41.5 Å². The van der Waals surface area contributed by atoms with E-state index >= 15 is 0 Å². The highest BCUT2D eigenvalue weighted by Crippen LogP contribution is 2.31. The third-order valence-corrected chi connectivity index (χ3v) is 2.66. The number of anilines is 1. The van der Waals surface area contributed by atoms with Crippen molar-refractivity contribution in [1.82, 2.24) is 0 Å². The molecule has 0 atom stereocenters. The summed E-state index contributed by atoms with van der Waals surface area (Å²) in [6.45, 7) is 2.43. The number of rotatable bonds is 3. The van der Waals surface area contributed by atoms with Gasteiger partial charge in [-0.05, 0) is 12.5 Å². The molecule has 1 N–H and O–H groups in total. The van der Waals surface area contributed by atoms with E-state index in [4.69, 9.17) is 0 Å². The first-order valence-electron chi connectivity index (χ1n) is 5.56. The maximum atomic E-state index is 13.7. The van der Waals surface area contributed by atoms with Crippen molar-refractivity contribution in [1.29, 1.82) is 0 Å². The number of fused-ring (bicyclic) bond motifs is 1. The van der Waals surface area contributed by atoms with E-state index in [1.165, 1.54) is 18.2 Å². The monoisotopic (exact) mass is 257 g/mol. The maximum Gasteiger partial charge on any atom is 0.198 e. The quantitative estimate of drug-likeness (QED) is 0.493. The van der Waals surface area contributed by atoms with E-state index in [1.54, 1.807) is 0 Å². The molecule has 0 radical (unpaired) electrons. The molecule has 0 fully saturated rings. The van der Waals surface area contributed by atoms with Crippen LogP contribution in [0.4, 0.5) is 23.2 Å². The molecular formula is C13H11F4N. The van der Waals surface area contributed by atoms with Crippen LogP contribution >= 0.6 is 0 Å². The Balaban J connectivity index is 2.76. The lowest BCUT2D eigenvalue weighted by atomic mass is 10.1. The minimum Gasteiger partial charge on any atom is -0.384 e. The highest BCUT2D eigenvalue weighted by molar-refractivity contribution is 5.95. The van der Waals surface area contributed by atoms with Gasteiger partial charge in [-0.25, -0.2) is 17.6 Å². The zero-order valence-electron chi connectivity index (χ0n) is 9.66. The van der Waals surface area contributed by atoms with E-state index in [1.807, 2.05) is 6.92 Å². The van der Waals surface area contributed by atoms with Crippen LogP contribution < -0.4 is 5.32 Å². The van der Waals surface area contributed by atoms with Crippen molar-refractivity contribution < 1.29 is 17.6 Å². The van der Waals surface area contributed by atoms with Gasteiger partial charge in [0, 0.05) is 23.0 Å². The molecule has 0 heterocycles. The molecule has 2 aromatic rings. The molecule has 0 aliphatic rings. The fraction of sp³-hybridized carbons (Fsp3) is 0.231. The Hall–Kier alpha value is -1.78. The fourth-order valence-corrected chi connectivity index (χ4v) is 1.80. The van der Waals surface area contributed by atoms with E-state index in [0.29, 0.717) is 6.54 Å². The zero-order valence-corrected chi connectivity index (χ0v) is 9.66. The molecule has 5 heteroatoms. The van der Waals surface area contributed by atoms with Crippen molar-refractivity contribution in [2.45, 2.75) is 13.3 Å². The molecule has 0 aliphatic heterocycles.